The second-order valence-electron chi connectivity index (χ2n) is 3.13. The van der Waals surface area contributed by atoms with Crippen molar-refractivity contribution in [2.75, 3.05) is 12.8 Å². The molecule has 7 heteroatoms. The molecule has 1 atom stereocenters. The fourth-order valence-electron chi connectivity index (χ4n) is 1.10. The number of benzene rings is 1. The maximum absolute atomic E-state index is 6.07. The Balaban J connectivity index is 3.02. The minimum Gasteiger partial charge on any atom is -0.442 e. The average molecular weight is 378 g/mol. The van der Waals surface area contributed by atoms with Gasteiger partial charge in [-0.3, -0.25) is 0 Å². The summed E-state index contributed by atoms with van der Waals surface area (Å²) in [5, 5.41) is 0.988. The van der Waals surface area contributed by atoms with Gasteiger partial charge in [-0.05, 0) is 40.7 Å². The van der Waals surface area contributed by atoms with Crippen LogP contribution in [-0.4, -0.2) is 12.8 Å². The summed E-state index contributed by atoms with van der Waals surface area (Å²) in [6.45, 7) is 2.03. The molecule has 0 N–H and O–H groups in total. The van der Waals surface area contributed by atoms with Crippen LogP contribution in [0.25, 0.3) is 0 Å². The SMILES string of the molecule is CCOP(=S)(CC)Oc1cc(Cl)c(Br)cc1Cl. The first-order chi connectivity index (χ1) is 7.91. The van der Waals surface area contributed by atoms with Gasteiger partial charge < -0.3 is 9.05 Å². The molecule has 1 rings (SSSR count). The Bertz CT molecular complexity index is 456. The van der Waals surface area contributed by atoms with Crippen molar-refractivity contribution in [1.29, 1.82) is 0 Å². The van der Waals surface area contributed by atoms with E-state index in [9.17, 15) is 0 Å². The number of hydrogen-bond acceptors (Lipinski definition) is 3. The van der Waals surface area contributed by atoms with Crippen LogP contribution in [0.5, 0.6) is 5.75 Å². The van der Waals surface area contributed by atoms with Crippen molar-refractivity contribution < 1.29 is 9.05 Å². The third-order valence-corrected chi connectivity index (χ3v) is 6.63. The van der Waals surface area contributed by atoms with E-state index in [0.717, 1.165) is 4.47 Å². The van der Waals surface area contributed by atoms with E-state index in [1.807, 2.05) is 13.8 Å². The van der Waals surface area contributed by atoms with Crippen LogP contribution in [0.4, 0.5) is 0 Å². The maximum Gasteiger partial charge on any atom is 0.237 e. The van der Waals surface area contributed by atoms with Gasteiger partial charge in [0.1, 0.15) is 5.75 Å². The molecule has 0 amide bonds. The van der Waals surface area contributed by atoms with Gasteiger partial charge in [0.2, 0.25) is 6.49 Å². The van der Waals surface area contributed by atoms with Gasteiger partial charge in [-0.15, -0.1) is 0 Å². The van der Waals surface area contributed by atoms with Crippen molar-refractivity contribution in [3.05, 3.63) is 26.7 Å². The highest BCUT2D eigenvalue weighted by Crippen LogP contribution is 2.50. The molecule has 17 heavy (non-hydrogen) atoms. The number of rotatable bonds is 5. The van der Waals surface area contributed by atoms with Crippen LogP contribution in [0, 0.1) is 0 Å². The zero-order chi connectivity index (χ0) is 13.1. The highest BCUT2D eigenvalue weighted by atomic mass is 79.9. The van der Waals surface area contributed by atoms with Gasteiger partial charge >= 0.3 is 0 Å². The minimum absolute atomic E-state index is 0.462. The zero-order valence-electron chi connectivity index (χ0n) is 9.37. The molecule has 0 fully saturated rings. The molecule has 0 heterocycles. The van der Waals surface area contributed by atoms with Crippen LogP contribution in [0.1, 0.15) is 13.8 Å². The smallest absolute Gasteiger partial charge is 0.237 e. The summed E-state index contributed by atoms with van der Waals surface area (Å²) in [7, 11) is 0. The first-order valence-corrected chi connectivity index (χ1v) is 9.36. The minimum atomic E-state index is -2.31. The van der Waals surface area contributed by atoms with Crippen LogP contribution in [0.3, 0.4) is 0 Å². The molecule has 0 aliphatic heterocycles. The Kier molecular flexibility index (Phi) is 6.24. The van der Waals surface area contributed by atoms with E-state index >= 15 is 0 Å². The van der Waals surface area contributed by atoms with E-state index in [2.05, 4.69) is 15.9 Å². The molecule has 96 valence electrons. The quantitative estimate of drug-likeness (QED) is 0.498. The van der Waals surface area contributed by atoms with Crippen molar-refractivity contribution in [3.8, 4) is 5.75 Å². The second-order valence-corrected chi connectivity index (χ2v) is 8.77. The summed E-state index contributed by atoms with van der Waals surface area (Å²) in [4.78, 5) is 0. The molecule has 1 aromatic rings. The van der Waals surface area contributed by atoms with Crippen molar-refractivity contribution in [3.63, 3.8) is 0 Å². The third-order valence-electron chi connectivity index (χ3n) is 1.93. The first-order valence-electron chi connectivity index (χ1n) is 4.99. The van der Waals surface area contributed by atoms with E-state index in [1.54, 1.807) is 12.1 Å². The molecular formula is C10H12BrCl2O2PS. The highest BCUT2D eigenvalue weighted by Gasteiger charge is 2.19. The molecule has 1 aromatic carbocycles. The summed E-state index contributed by atoms with van der Waals surface area (Å²) in [5.41, 5.74) is 0. The summed E-state index contributed by atoms with van der Waals surface area (Å²) >= 11 is 20.7. The number of hydrogen-bond donors (Lipinski definition) is 0. The van der Waals surface area contributed by atoms with Gasteiger partial charge in [0.25, 0.3) is 0 Å². The van der Waals surface area contributed by atoms with Crippen LogP contribution in [-0.2, 0) is 16.3 Å². The van der Waals surface area contributed by atoms with E-state index in [-0.39, 0.29) is 0 Å². The van der Waals surface area contributed by atoms with Gasteiger partial charge in [-0.1, -0.05) is 30.1 Å². The standard InChI is InChI=1S/C10H12BrCl2O2PS/c1-3-14-16(17,4-2)15-10-6-8(12)7(11)5-9(10)13/h5-6H,3-4H2,1-2H3. The summed E-state index contributed by atoms with van der Waals surface area (Å²) in [6.07, 6.45) is 0.639. The molecule has 0 radical (unpaired) electrons. The molecule has 0 saturated carbocycles. The highest BCUT2D eigenvalue weighted by molar-refractivity contribution is 9.10. The van der Waals surface area contributed by atoms with Gasteiger partial charge in [0, 0.05) is 16.7 Å². The predicted molar refractivity (Wildman–Crippen MR) is 81.2 cm³/mol. The normalized spacial score (nSPS) is 14.4. The lowest BCUT2D eigenvalue weighted by atomic mass is 10.3. The zero-order valence-corrected chi connectivity index (χ0v) is 14.2. The summed E-state index contributed by atoms with van der Waals surface area (Å²) in [6, 6.07) is 3.32. The summed E-state index contributed by atoms with van der Waals surface area (Å²) in [5.74, 6) is 0.471. The monoisotopic (exact) mass is 376 g/mol. The van der Waals surface area contributed by atoms with Gasteiger partial charge in [-0.2, -0.15) is 0 Å². The first kappa shape index (κ1) is 15.7. The third kappa shape index (κ3) is 4.38. The Morgan fingerprint density at radius 3 is 2.47 bits per heavy atom. The molecule has 0 aliphatic rings. The maximum atomic E-state index is 6.07. The molecule has 2 nitrogen and oxygen atoms in total. The Labute approximate surface area is 125 Å². The topological polar surface area (TPSA) is 18.5 Å². The van der Waals surface area contributed by atoms with Gasteiger partial charge in [0.05, 0.1) is 16.7 Å². The molecule has 0 aromatic heterocycles. The van der Waals surface area contributed by atoms with Crippen molar-refractivity contribution in [1.82, 2.24) is 0 Å². The molecule has 0 saturated heterocycles. The van der Waals surface area contributed by atoms with Crippen molar-refractivity contribution in [2.24, 2.45) is 0 Å². The largest absolute Gasteiger partial charge is 0.442 e. The lowest BCUT2D eigenvalue weighted by Crippen LogP contribution is -2.00. The summed E-state index contributed by atoms with van der Waals surface area (Å²) < 4.78 is 11.9. The van der Waals surface area contributed by atoms with E-state index in [4.69, 9.17) is 44.1 Å². The van der Waals surface area contributed by atoms with Crippen molar-refractivity contribution >= 4 is 57.4 Å². The lowest BCUT2D eigenvalue weighted by Gasteiger charge is -2.21. The van der Waals surface area contributed by atoms with E-state index in [1.165, 1.54) is 0 Å². The molecule has 0 bridgehead atoms. The molecular weight excluding hydrogens is 366 g/mol. The van der Waals surface area contributed by atoms with Gasteiger partial charge in [-0.25, -0.2) is 0 Å². The average Bonchev–Trinajstić information content (AvgIpc) is 2.26. The Morgan fingerprint density at radius 2 is 1.94 bits per heavy atom. The fourth-order valence-corrected chi connectivity index (χ4v) is 3.75. The fraction of sp³-hybridized carbons (Fsp3) is 0.400. The predicted octanol–water partition coefficient (Wildman–Crippen LogP) is 5.50. The van der Waals surface area contributed by atoms with E-state index < -0.39 is 6.49 Å². The molecule has 1 unspecified atom stereocenters. The molecule has 0 spiro atoms. The van der Waals surface area contributed by atoms with Crippen LogP contribution >= 0.6 is 45.6 Å². The van der Waals surface area contributed by atoms with E-state index in [0.29, 0.717) is 28.6 Å². The Morgan fingerprint density at radius 1 is 1.29 bits per heavy atom. The molecule has 0 aliphatic carbocycles. The van der Waals surface area contributed by atoms with Crippen LogP contribution in [0.2, 0.25) is 10.0 Å². The van der Waals surface area contributed by atoms with Crippen molar-refractivity contribution in [2.45, 2.75) is 13.8 Å². The lowest BCUT2D eigenvalue weighted by molar-refractivity contribution is 0.332. The van der Waals surface area contributed by atoms with Crippen LogP contribution < -0.4 is 4.52 Å². The Hall–Kier alpha value is 0.690. The van der Waals surface area contributed by atoms with Gasteiger partial charge in [0.15, 0.2) is 0 Å². The number of halogens is 3. The van der Waals surface area contributed by atoms with Crippen LogP contribution in [0.15, 0.2) is 16.6 Å². The second kappa shape index (κ2) is 6.74.